The third kappa shape index (κ3) is 5.52. The van der Waals surface area contributed by atoms with Crippen LogP contribution in [0.2, 0.25) is 26.0 Å². The van der Waals surface area contributed by atoms with Gasteiger partial charge < -0.3 is 0 Å². The van der Waals surface area contributed by atoms with Gasteiger partial charge in [-0.1, -0.05) is 34.8 Å². The second-order valence-corrected chi connectivity index (χ2v) is 4.93. The summed E-state index contributed by atoms with van der Waals surface area (Å²) in [5.41, 5.74) is -1.18. The Hall–Kier alpha value is -1.59. The monoisotopic (exact) mass is 421 g/mol. The first-order valence-electron chi connectivity index (χ1n) is 5.41. The Balaban J connectivity index is 0.000000240. The highest BCUT2D eigenvalue weighted by Crippen LogP contribution is 2.29. The van der Waals surface area contributed by atoms with Crippen LogP contribution in [0.1, 0.15) is 1.37 Å². The zero-order valence-electron chi connectivity index (χ0n) is 11.2. The number of hydrogen-bond acceptors (Lipinski definition) is 8. The van der Waals surface area contributed by atoms with Gasteiger partial charge in [0.1, 0.15) is 6.17 Å². The highest BCUT2D eigenvalue weighted by Gasteiger charge is 2.21. The van der Waals surface area contributed by atoms with Crippen molar-refractivity contribution in [2.45, 2.75) is 0 Å². The van der Waals surface area contributed by atoms with E-state index in [4.69, 9.17) is 59.4 Å². The van der Waals surface area contributed by atoms with E-state index in [1.165, 1.54) is 0 Å². The van der Waals surface area contributed by atoms with Crippen LogP contribution in [-0.2, 0) is 0 Å². The van der Waals surface area contributed by atoms with Crippen molar-refractivity contribution in [1.82, 2.24) is 19.9 Å². The van der Waals surface area contributed by atoms with Crippen molar-refractivity contribution in [3.05, 3.63) is 52.4 Å². The smallest absolute Gasteiger partial charge is 0.258 e. The molecule has 0 aromatic carbocycles. The van der Waals surface area contributed by atoms with Crippen LogP contribution in [0.15, 0.2) is 6.17 Å². The van der Waals surface area contributed by atoms with Gasteiger partial charge in [0, 0.05) is 0 Å². The van der Waals surface area contributed by atoms with Gasteiger partial charge in [-0.15, -0.1) is 0 Å². The SMILES string of the molecule is O=[N+]([O-])c1c(Cl)nc(Cl)nc1Cl.[2H]c1nc(Cl)nc(Cl)c1[N+](=O)[O-]. The summed E-state index contributed by atoms with van der Waals surface area (Å²) < 4.78 is 7.02. The fraction of sp³-hybridized carbons (Fsp3) is 0. The second kappa shape index (κ2) is 8.31. The van der Waals surface area contributed by atoms with Gasteiger partial charge >= 0.3 is 11.4 Å². The maximum atomic E-state index is 10.3. The predicted octanol–water partition coefficient (Wildman–Crippen LogP) is 4.04. The minimum atomic E-state index is -0.832. The lowest BCUT2D eigenvalue weighted by Crippen LogP contribution is -1.95. The van der Waals surface area contributed by atoms with Gasteiger partial charge in [0.2, 0.25) is 26.0 Å². The molecule has 2 rings (SSSR count). The van der Waals surface area contributed by atoms with Crippen LogP contribution in [0.25, 0.3) is 0 Å². The Labute approximate surface area is 153 Å². The lowest BCUT2D eigenvalue weighted by Gasteiger charge is -1.95. The number of hydrogen-bond donors (Lipinski definition) is 0. The fourth-order valence-electron chi connectivity index (χ4n) is 0.949. The maximum absolute atomic E-state index is 10.3. The van der Waals surface area contributed by atoms with E-state index in [2.05, 4.69) is 19.9 Å². The third-order valence-corrected chi connectivity index (χ3v) is 2.91. The van der Waals surface area contributed by atoms with Crippen LogP contribution in [0.4, 0.5) is 11.4 Å². The molecular formula is C8HCl5N6O4. The lowest BCUT2D eigenvalue weighted by molar-refractivity contribution is -0.385. The number of nitro groups is 2. The minimum Gasteiger partial charge on any atom is -0.258 e. The molecule has 0 saturated heterocycles. The molecule has 0 N–H and O–H groups in total. The van der Waals surface area contributed by atoms with Crippen molar-refractivity contribution >= 4 is 69.4 Å². The van der Waals surface area contributed by atoms with Gasteiger partial charge in [-0.2, -0.15) is 15.0 Å². The minimum absolute atomic E-state index is 0.226. The van der Waals surface area contributed by atoms with Crippen molar-refractivity contribution < 1.29 is 11.2 Å². The molecule has 0 fully saturated rings. The van der Waals surface area contributed by atoms with Gasteiger partial charge in [-0.05, 0) is 23.2 Å². The van der Waals surface area contributed by atoms with Crippen LogP contribution in [0.5, 0.6) is 0 Å². The highest BCUT2D eigenvalue weighted by atomic mass is 35.5. The topological polar surface area (TPSA) is 138 Å². The molecule has 0 unspecified atom stereocenters. The first-order valence-corrected chi connectivity index (χ1v) is 6.80. The summed E-state index contributed by atoms with van der Waals surface area (Å²) in [6, 6.07) is 0. The first-order chi connectivity index (χ1) is 11.0. The molecule has 2 heterocycles. The van der Waals surface area contributed by atoms with E-state index in [0.29, 0.717) is 0 Å². The molecule has 23 heavy (non-hydrogen) atoms. The number of nitrogens with zero attached hydrogens (tertiary/aromatic N) is 6. The van der Waals surface area contributed by atoms with Crippen LogP contribution in [0.3, 0.4) is 0 Å². The molecular weight excluding hydrogens is 421 g/mol. The quantitative estimate of drug-likeness (QED) is 0.305. The van der Waals surface area contributed by atoms with E-state index in [1.54, 1.807) is 0 Å². The summed E-state index contributed by atoms with van der Waals surface area (Å²) in [5.74, 6) is 0. The van der Waals surface area contributed by atoms with Crippen LogP contribution in [0, 0.1) is 20.2 Å². The van der Waals surface area contributed by atoms with E-state index in [1.807, 2.05) is 0 Å². The summed E-state index contributed by atoms with van der Waals surface area (Å²) in [4.78, 5) is 32.2. The molecule has 15 heteroatoms. The lowest BCUT2D eigenvalue weighted by atomic mass is 10.5. The predicted molar refractivity (Wildman–Crippen MR) is 82.4 cm³/mol. The van der Waals surface area contributed by atoms with Crippen molar-refractivity contribution in [3.8, 4) is 0 Å². The largest absolute Gasteiger partial charge is 0.343 e. The molecule has 0 aliphatic carbocycles. The summed E-state index contributed by atoms with van der Waals surface area (Å²) in [7, 11) is 0. The average Bonchev–Trinajstić information content (AvgIpc) is 2.35. The number of aromatic nitrogens is 4. The molecule has 2 aromatic heterocycles. The molecule has 2 aromatic rings. The Bertz CT molecular complexity index is 710. The normalized spacial score (nSPS) is 10.4. The van der Waals surface area contributed by atoms with E-state index < -0.39 is 32.5 Å². The molecule has 0 amide bonds. The summed E-state index contributed by atoms with van der Waals surface area (Å²) >= 11 is 26.7. The maximum Gasteiger partial charge on any atom is 0.343 e. The molecule has 122 valence electrons. The van der Waals surface area contributed by atoms with Gasteiger partial charge in [-0.25, -0.2) is 4.98 Å². The van der Waals surface area contributed by atoms with Crippen molar-refractivity contribution in [2.24, 2.45) is 0 Å². The van der Waals surface area contributed by atoms with E-state index >= 15 is 0 Å². The molecule has 0 aliphatic heterocycles. The van der Waals surface area contributed by atoms with E-state index in [9.17, 15) is 20.2 Å². The molecule has 0 atom stereocenters. The zero-order chi connectivity index (χ0) is 18.6. The Morgan fingerprint density at radius 2 is 1.35 bits per heavy atom. The number of halogens is 5. The molecule has 0 bridgehead atoms. The molecule has 0 radical (unpaired) electrons. The summed E-state index contributed by atoms with van der Waals surface area (Å²) in [6.07, 6.45) is -0.593. The van der Waals surface area contributed by atoms with Gasteiger partial charge in [0.15, 0.2) is 0 Å². The standard InChI is InChI=1S/C4Cl3N3O2.C4HCl2N3O2/c5-2-1(10(11)12)3(6)9-4(7)8-2;5-3-2(9(10)11)1-7-4(6)8-3/h;1H/i;1D. The highest BCUT2D eigenvalue weighted by molar-refractivity contribution is 6.38. The number of rotatable bonds is 2. The van der Waals surface area contributed by atoms with Gasteiger partial charge in [-0.3, -0.25) is 20.2 Å². The van der Waals surface area contributed by atoms with Crippen molar-refractivity contribution in [3.63, 3.8) is 0 Å². The zero-order valence-corrected chi connectivity index (χ0v) is 14.0. The van der Waals surface area contributed by atoms with Crippen molar-refractivity contribution in [1.29, 1.82) is 0 Å². The summed E-state index contributed by atoms with van der Waals surface area (Å²) in [5, 5.41) is 18.8. The van der Waals surface area contributed by atoms with Crippen LogP contribution in [-0.4, -0.2) is 29.8 Å². The van der Waals surface area contributed by atoms with E-state index in [-0.39, 0.29) is 20.9 Å². The van der Waals surface area contributed by atoms with E-state index in [0.717, 1.165) is 0 Å². The van der Waals surface area contributed by atoms with Crippen LogP contribution >= 0.6 is 58.0 Å². The molecule has 0 spiro atoms. The van der Waals surface area contributed by atoms with Gasteiger partial charge in [0.05, 0.1) is 11.2 Å². The van der Waals surface area contributed by atoms with Gasteiger partial charge in [0.25, 0.3) is 0 Å². The Kier molecular flexibility index (Phi) is 6.42. The Morgan fingerprint density at radius 3 is 1.74 bits per heavy atom. The fourth-order valence-corrected chi connectivity index (χ4v) is 2.09. The molecule has 0 saturated carbocycles. The molecule has 0 aliphatic rings. The van der Waals surface area contributed by atoms with Crippen molar-refractivity contribution in [2.75, 3.05) is 0 Å². The second-order valence-electron chi connectivity index (χ2n) is 3.18. The average molecular weight is 423 g/mol. The first kappa shape index (κ1) is 17.8. The molecule has 10 nitrogen and oxygen atoms in total. The van der Waals surface area contributed by atoms with Crippen LogP contribution < -0.4 is 0 Å². The Morgan fingerprint density at radius 1 is 0.870 bits per heavy atom. The third-order valence-electron chi connectivity index (χ3n) is 1.78. The summed E-state index contributed by atoms with van der Waals surface area (Å²) in [6.45, 7) is 0.